The van der Waals surface area contributed by atoms with Crippen LogP contribution in [0, 0.1) is 0 Å². The fourth-order valence-corrected chi connectivity index (χ4v) is 6.51. The van der Waals surface area contributed by atoms with Crippen molar-refractivity contribution >= 4 is 0 Å². The van der Waals surface area contributed by atoms with Crippen LogP contribution >= 0.6 is 0 Å². The lowest BCUT2D eigenvalue weighted by Crippen LogP contribution is -2.45. The second kappa shape index (κ2) is 18.5. The molecule has 0 saturated carbocycles. The largest absolute Gasteiger partial charge is 0.496 e. The van der Waals surface area contributed by atoms with Gasteiger partial charge in [-0.05, 0) is 24.3 Å². The maximum atomic E-state index is 5.76. The number of rotatable bonds is 12. The van der Waals surface area contributed by atoms with E-state index in [4.69, 9.17) is 18.9 Å². The molecule has 1 fully saturated rings. The summed E-state index contributed by atoms with van der Waals surface area (Å²) in [4.78, 5) is 10.3. The highest BCUT2D eigenvalue weighted by Gasteiger charge is 2.20. The van der Waals surface area contributed by atoms with Crippen LogP contribution in [0.5, 0.6) is 23.0 Å². The summed E-state index contributed by atoms with van der Waals surface area (Å²) in [6.45, 7) is 10.8. The number of benzene rings is 4. The third kappa shape index (κ3) is 9.97. The van der Waals surface area contributed by atoms with Gasteiger partial charge in [-0.25, -0.2) is 0 Å². The van der Waals surface area contributed by atoms with Gasteiger partial charge in [-0.15, -0.1) is 0 Å². The van der Waals surface area contributed by atoms with Crippen molar-refractivity contribution in [1.29, 1.82) is 0 Å². The van der Waals surface area contributed by atoms with Crippen LogP contribution in [0.15, 0.2) is 97.1 Å². The second-order valence-corrected chi connectivity index (χ2v) is 12.4. The first-order chi connectivity index (χ1) is 23.6. The number of para-hydroxylation sites is 4. The monoisotopic (exact) mass is 652 g/mol. The number of methoxy groups -OCH3 is 4. The minimum atomic E-state index is 0.828. The molecule has 4 aromatic carbocycles. The summed E-state index contributed by atoms with van der Waals surface area (Å²) in [7, 11) is 7.04. The molecule has 0 N–H and O–H groups in total. The molecule has 5 rings (SSSR count). The standard InChI is InChI=1S/C40H52N4O4/c1-45-37-17-9-5-13-33(37)29-41-21-23-42(30-34-14-6-10-18-38(34)46-2)25-27-44(32-36-16-8-12-20-40(36)48-4)28-26-43(24-22-41)31-35-15-7-11-19-39(35)47-3/h5-20H,21-32H2,1-4H3. The van der Waals surface area contributed by atoms with Gasteiger partial charge in [0, 0.05) is 101 Å². The average Bonchev–Trinajstić information content (AvgIpc) is 3.13. The molecule has 0 atom stereocenters. The molecule has 1 heterocycles. The summed E-state index contributed by atoms with van der Waals surface area (Å²) in [6.07, 6.45) is 0. The molecule has 0 aliphatic carbocycles. The SMILES string of the molecule is COc1ccccc1CN1CCN(Cc2ccccc2OC)CCN(Cc2ccccc2OC)CCN(Cc2ccccc2OC)CC1. The van der Waals surface area contributed by atoms with Gasteiger partial charge in [0.15, 0.2) is 0 Å². The van der Waals surface area contributed by atoms with Gasteiger partial charge in [-0.2, -0.15) is 0 Å². The van der Waals surface area contributed by atoms with Gasteiger partial charge < -0.3 is 18.9 Å². The van der Waals surface area contributed by atoms with Crippen molar-refractivity contribution in [1.82, 2.24) is 19.6 Å². The van der Waals surface area contributed by atoms with Crippen molar-refractivity contribution in [2.45, 2.75) is 26.2 Å². The van der Waals surface area contributed by atoms with Gasteiger partial charge in [0.25, 0.3) is 0 Å². The van der Waals surface area contributed by atoms with Crippen LogP contribution in [-0.4, -0.2) is 100 Å². The zero-order valence-corrected chi connectivity index (χ0v) is 29.1. The zero-order chi connectivity index (χ0) is 33.6. The van der Waals surface area contributed by atoms with Crippen LogP contribution in [-0.2, 0) is 26.2 Å². The molecular weight excluding hydrogens is 600 g/mol. The smallest absolute Gasteiger partial charge is 0.123 e. The Morgan fingerprint density at radius 3 is 0.708 bits per heavy atom. The van der Waals surface area contributed by atoms with Crippen molar-refractivity contribution in [3.05, 3.63) is 119 Å². The number of ether oxygens (including phenoxy) is 4. The summed E-state index contributed by atoms with van der Waals surface area (Å²) >= 11 is 0. The normalized spacial score (nSPS) is 16.1. The Morgan fingerprint density at radius 2 is 0.521 bits per heavy atom. The number of nitrogens with zero attached hydrogens (tertiary/aromatic N) is 4. The van der Waals surface area contributed by atoms with Crippen molar-refractivity contribution < 1.29 is 18.9 Å². The lowest BCUT2D eigenvalue weighted by Gasteiger charge is -2.35. The average molecular weight is 653 g/mol. The quantitative estimate of drug-likeness (QED) is 0.184. The van der Waals surface area contributed by atoms with Crippen LogP contribution in [0.3, 0.4) is 0 Å². The molecule has 4 aromatic rings. The van der Waals surface area contributed by atoms with Crippen LogP contribution in [0.2, 0.25) is 0 Å². The maximum Gasteiger partial charge on any atom is 0.123 e. The molecular formula is C40H52N4O4. The molecule has 0 bridgehead atoms. The Balaban J connectivity index is 1.42. The first-order valence-corrected chi connectivity index (χ1v) is 17.0. The molecule has 0 spiro atoms. The van der Waals surface area contributed by atoms with E-state index in [0.717, 1.165) is 102 Å². The minimum Gasteiger partial charge on any atom is -0.496 e. The Kier molecular flexibility index (Phi) is 13.5. The molecule has 0 radical (unpaired) electrons. The molecule has 48 heavy (non-hydrogen) atoms. The summed E-state index contributed by atoms with van der Waals surface area (Å²) in [5, 5.41) is 0. The highest BCUT2D eigenvalue weighted by atomic mass is 16.5. The molecule has 1 aliphatic rings. The van der Waals surface area contributed by atoms with E-state index < -0.39 is 0 Å². The van der Waals surface area contributed by atoms with Crippen LogP contribution in [0.4, 0.5) is 0 Å². The minimum absolute atomic E-state index is 0.828. The molecule has 8 nitrogen and oxygen atoms in total. The Labute approximate surface area is 287 Å². The summed E-state index contributed by atoms with van der Waals surface area (Å²) in [5.74, 6) is 3.75. The van der Waals surface area contributed by atoms with Crippen molar-refractivity contribution in [2.75, 3.05) is 80.8 Å². The number of hydrogen-bond donors (Lipinski definition) is 0. The van der Waals surface area contributed by atoms with Crippen LogP contribution < -0.4 is 18.9 Å². The van der Waals surface area contributed by atoms with E-state index in [-0.39, 0.29) is 0 Å². The van der Waals surface area contributed by atoms with E-state index in [9.17, 15) is 0 Å². The first kappa shape index (κ1) is 35.2. The topological polar surface area (TPSA) is 49.9 Å². The second-order valence-electron chi connectivity index (χ2n) is 12.4. The van der Waals surface area contributed by atoms with Crippen LogP contribution in [0.25, 0.3) is 0 Å². The van der Waals surface area contributed by atoms with Crippen molar-refractivity contribution in [2.24, 2.45) is 0 Å². The Morgan fingerprint density at radius 1 is 0.333 bits per heavy atom. The van der Waals surface area contributed by atoms with Gasteiger partial charge in [0.1, 0.15) is 23.0 Å². The van der Waals surface area contributed by atoms with E-state index in [1.54, 1.807) is 28.4 Å². The third-order valence-corrected chi connectivity index (χ3v) is 9.28. The van der Waals surface area contributed by atoms with E-state index >= 15 is 0 Å². The van der Waals surface area contributed by atoms with Crippen LogP contribution in [0.1, 0.15) is 22.3 Å². The first-order valence-electron chi connectivity index (χ1n) is 17.0. The molecule has 8 heteroatoms. The van der Waals surface area contributed by atoms with Gasteiger partial charge in [0.2, 0.25) is 0 Å². The molecule has 1 aliphatic heterocycles. The fourth-order valence-electron chi connectivity index (χ4n) is 6.51. The van der Waals surface area contributed by atoms with E-state index in [0.29, 0.717) is 0 Å². The molecule has 0 amide bonds. The van der Waals surface area contributed by atoms with E-state index in [2.05, 4.69) is 92.4 Å². The summed E-state index contributed by atoms with van der Waals surface area (Å²) < 4.78 is 23.1. The number of hydrogen-bond acceptors (Lipinski definition) is 8. The Hall–Kier alpha value is -4.08. The van der Waals surface area contributed by atoms with Gasteiger partial charge in [0.05, 0.1) is 28.4 Å². The zero-order valence-electron chi connectivity index (χ0n) is 29.1. The highest BCUT2D eigenvalue weighted by Crippen LogP contribution is 2.24. The summed E-state index contributed by atoms with van der Waals surface area (Å²) in [6, 6.07) is 33.6. The van der Waals surface area contributed by atoms with Gasteiger partial charge >= 0.3 is 0 Å². The van der Waals surface area contributed by atoms with Crippen molar-refractivity contribution in [3.8, 4) is 23.0 Å². The lowest BCUT2D eigenvalue weighted by atomic mass is 10.1. The molecule has 0 unspecified atom stereocenters. The van der Waals surface area contributed by atoms with Gasteiger partial charge in [-0.1, -0.05) is 72.8 Å². The van der Waals surface area contributed by atoms with E-state index in [1.165, 1.54) is 22.3 Å². The fraction of sp³-hybridized carbons (Fsp3) is 0.400. The third-order valence-electron chi connectivity index (χ3n) is 9.28. The summed E-state index contributed by atoms with van der Waals surface area (Å²) in [5.41, 5.74) is 4.84. The predicted octanol–water partition coefficient (Wildman–Crippen LogP) is 6.04. The predicted molar refractivity (Wildman–Crippen MR) is 193 cm³/mol. The molecule has 1 saturated heterocycles. The van der Waals surface area contributed by atoms with Gasteiger partial charge in [-0.3, -0.25) is 19.6 Å². The van der Waals surface area contributed by atoms with E-state index in [1.807, 2.05) is 24.3 Å². The molecule has 0 aromatic heterocycles. The molecule has 256 valence electrons. The van der Waals surface area contributed by atoms with Crippen molar-refractivity contribution in [3.63, 3.8) is 0 Å². The maximum absolute atomic E-state index is 5.76. The Bertz CT molecular complexity index is 1300. The lowest BCUT2D eigenvalue weighted by molar-refractivity contribution is 0.120. The highest BCUT2D eigenvalue weighted by molar-refractivity contribution is 5.35.